The molecule has 0 saturated heterocycles. The molecule has 0 saturated carbocycles. The van der Waals surface area contributed by atoms with Crippen molar-refractivity contribution < 1.29 is 23.4 Å². The zero-order chi connectivity index (χ0) is 20.5. The van der Waals surface area contributed by atoms with Gasteiger partial charge in [-0.05, 0) is 32.9 Å². The van der Waals surface area contributed by atoms with Crippen molar-refractivity contribution in [3.05, 3.63) is 59.3 Å². The summed E-state index contributed by atoms with van der Waals surface area (Å²) in [6.07, 6.45) is 0.557. The minimum Gasteiger partial charge on any atom is -0.493 e. The number of hydrogen-bond donors (Lipinski definition) is 1. The molecule has 0 aliphatic heterocycles. The van der Waals surface area contributed by atoms with Crippen molar-refractivity contribution in [2.75, 3.05) is 6.61 Å². The lowest BCUT2D eigenvalue weighted by molar-refractivity contribution is 0.0744. The van der Waals surface area contributed by atoms with E-state index in [0.717, 1.165) is 0 Å². The van der Waals surface area contributed by atoms with Crippen LogP contribution in [0.25, 0.3) is 5.65 Å². The van der Waals surface area contributed by atoms with Gasteiger partial charge in [-0.2, -0.15) is 0 Å². The van der Waals surface area contributed by atoms with Crippen LogP contribution in [0.3, 0.4) is 0 Å². The predicted octanol–water partition coefficient (Wildman–Crippen LogP) is 3.72. The maximum atomic E-state index is 12.9. The molecule has 3 rings (SSSR count). The van der Waals surface area contributed by atoms with E-state index in [1.807, 2.05) is 6.92 Å². The molecule has 0 spiro atoms. The average molecular weight is 389 g/mol. The third-order valence-electron chi connectivity index (χ3n) is 4.19. The lowest BCUT2D eigenvalue weighted by Gasteiger charge is -2.12. The van der Waals surface area contributed by atoms with Gasteiger partial charge in [0.1, 0.15) is 28.4 Å². The maximum Gasteiger partial charge on any atom is 0.280 e. The Kier molecular flexibility index (Phi) is 5.42. The van der Waals surface area contributed by atoms with Crippen molar-refractivity contribution >= 4 is 11.4 Å². The number of carbonyl (C=O) groups is 1. The first-order valence-corrected chi connectivity index (χ1v) is 8.84. The number of Topliss-reactive ketones (excluding diaryl/α,β-unsaturated/α-hetero) is 1. The topological polar surface area (TPSA) is 76.7 Å². The Morgan fingerprint density at radius 1 is 1.29 bits per heavy atom. The highest BCUT2D eigenvalue weighted by Gasteiger charge is 2.21. The molecule has 0 unspecified atom stereocenters. The smallest absolute Gasteiger partial charge is 0.280 e. The fourth-order valence-electron chi connectivity index (χ4n) is 2.77. The highest BCUT2D eigenvalue weighted by Crippen LogP contribution is 2.26. The third-order valence-corrected chi connectivity index (χ3v) is 4.19. The number of aliphatic hydroxyl groups is 1. The van der Waals surface area contributed by atoms with E-state index in [1.165, 1.54) is 18.2 Å². The summed E-state index contributed by atoms with van der Waals surface area (Å²) in [5.41, 5.74) is 0.0366. The van der Waals surface area contributed by atoms with Gasteiger partial charge in [-0.3, -0.25) is 4.79 Å². The largest absolute Gasteiger partial charge is 0.493 e. The average Bonchev–Trinajstić information content (AvgIpc) is 3.05. The van der Waals surface area contributed by atoms with E-state index in [-0.39, 0.29) is 12.1 Å². The molecule has 0 atom stereocenters. The molecule has 3 aromatic rings. The van der Waals surface area contributed by atoms with Crippen LogP contribution in [0.1, 0.15) is 54.6 Å². The first kappa shape index (κ1) is 19.9. The van der Waals surface area contributed by atoms with Crippen LogP contribution < -0.4 is 4.74 Å². The highest BCUT2D eigenvalue weighted by atomic mass is 19.3. The Labute approximate surface area is 160 Å². The van der Waals surface area contributed by atoms with Crippen molar-refractivity contribution in [3.63, 3.8) is 0 Å². The Morgan fingerprint density at radius 3 is 2.68 bits per heavy atom. The lowest BCUT2D eigenvalue weighted by Crippen LogP contribution is -2.15. The zero-order valence-electron chi connectivity index (χ0n) is 15.8. The maximum absolute atomic E-state index is 12.9. The highest BCUT2D eigenvalue weighted by molar-refractivity contribution is 5.96. The Hall–Kier alpha value is -2.87. The molecule has 6 nitrogen and oxygen atoms in total. The summed E-state index contributed by atoms with van der Waals surface area (Å²) in [7, 11) is 0. The van der Waals surface area contributed by atoms with Crippen LogP contribution in [-0.4, -0.2) is 31.9 Å². The summed E-state index contributed by atoms with van der Waals surface area (Å²) >= 11 is 0. The predicted molar refractivity (Wildman–Crippen MR) is 98.8 cm³/mol. The Bertz CT molecular complexity index is 1010. The summed E-state index contributed by atoms with van der Waals surface area (Å²) in [4.78, 5) is 20.8. The number of imidazole rings is 1. The van der Waals surface area contributed by atoms with Crippen molar-refractivity contribution in [3.8, 4) is 5.75 Å². The Morgan fingerprint density at radius 2 is 2.04 bits per heavy atom. The molecular formula is C20H21F2N3O3. The van der Waals surface area contributed by atoms with Gasteiger partial charge in [-0.15, -0.1) is 0 Å². The van der Waals surface area contributed by atoms with Gasteiger partial charge in [0, 0.05) is 30.4 Å². The van der Waals surface area contributed by atoms with Crippen molar-refractivity contribution in [1.82, 2.24) is 14.4 Å². The van der Waals surface area contributed by atoms with Crippen LogP contribution in [0.15, 0.2) is 36.7 Å². The van der Waals surface area contributed by atoms with Gasteiger partial charge in [0.05, 0.1) is 12.3 Å². The minimum absolute atomic E-state index is 0.0249. The zero-order valence-corrected chi connectivity index (χ0v) is 15.8. The normalized spacial score (nSPS) is 12.0. The number of ether oxygens (including phenoxy) is 1. The number of hydrogen-bond acceptors (Lipinski definition) is 5. The van der Waals surface area contributed by atoms with E-state index in [2.05, 4.69) is 9.97 Å². The van der Waals surface area contributed by atoms with Gasteiger partial charge in [-0.1, -0.05) is 6.07 Å². The summed E-state index contributed by atoms with van der Waals surface area (Å²) in [5, 5.41) is 10.2. The van der Waals surface area contributed by atoms with Crippen molar-refractivity contribution in [1.29, 1.82) is 0 Å². The molecule has 0 bridgehead atoms. The number of halogens is 2. The fraction of sp³-hybridized carbons (Fsp3) is 0.350. The molecular weight excluding hydrogens is 368 g/mol. The molecule has 0 aromatic carbocycles. The first-order chi connectivity index (χ1) is 13.2. The summed E-state index contributed by atoms with van der Waals surface area (Å²) < 4.78 is 33.0. The fourth-order valence-corrected chi connectivity index (χ4v) is 2.77. The number of ketones is 1. The van der Waals surface area contributed by atoms with Gasteiger partial charge in [0.15, 0.2) is 5.78 Å². The van der Waals surface area contributed by atoms with E-state index in [1.54, 1.807) is 36.7 Å². The second kappa shape index (κ2) is 7.63. The van der Waals surface area contributed by atoms with E-state index in [9.17, 15) is 18.7 Å². The van der Waals surface area contributed by atoms with Crippen LogP contribution in [0, 0.1) is 0 Å². The van der Waals surface area contributed by atoms with E-state index >= 15 is 0 Å². The quantitative estimate of drug-likeness (QED) is 0.623. The van der Waals surface area contributed by atoms with Crippen LogP contribution in [-0.2, 0) is 12.0 Å². The second-order valence-electron chi connectivity index (χ2n) is 6.89. The first-order valence-electron chi connectivity index (χ1n) is 8.84. The summed E-state index contributed by atoms with van der Waals surface area (Å²) in [6, 6.07) is 5.67. The Balaban J connectivity index is 1.97. The number of alkyl halides is 2. The van der Waals surface area contributed by atoms with Crippen molar-refractivity contribution in [2.24, 2.45) is 0 Å². The van der Waals surface area contributed by atoms with Gasteiger partial charge in [0.25, 0.3) is 6.43 Å². The number of fused-ring (bicyclic) bond motifs is 1. The van der Waals surface area contributed by atoms with Crippen LogP contribution in [0.4, 0.5) is 8.78 Å². The minimum atomic E-state index is -2.74. The summed E-state index contributed by atoms with van der Waals surface area (Å²) in [6.45, 7) is 5.46. The van der Waals surface area contributed by atoms with E-state index in [4.69, 9.17) is 4.74 Å². The van der Waals surface area contributed by atoms with Gasteiger partial charge in [-0.25, -0.2) is 18.7 Å². The van der Waals surface area contributed by atoms with E-state index < -0.39 is 23.5 Å². The van der Waals surface area contributed by atoms with Crippen LogP contribution in [0.2, 0.25) is 0 Å². The van der Waals surface area contributed by atoms with E-state index in [0.29, 0.717) is 29.3 Å². The molecule has 8 heteroatoms. The molecule has 0 aliphatic rings. The second-order valence-corrected chi connectivity index (χ2v) is 6.89. The van der Waals surface area contributed by atoms with Crippen LogP contribution >= 0.6 is 0 Å². The standard InChI is InChI=1S/C20H21F2N3O3/c1-4-28-16-9-18-24-17(20(2,3)27)11-25(18)10-12(16)8-15(26)13-6-5-7-14(23-13)19(21)22/h5-7,9-11,19,27H,4,8H2,1-3H3. The molecule has 0 aliphatic carbocycles. The van der Waals surface area contributed by atoms with Gasteiger partial charge in [0.2, 0.25) is 0 Å². The monoisotopic (exact) mass is 389 g/mol. The SMILES string of the molecule is CCOc1cc2nc(C(C)(C)O)cn2cc1CC(=O)c1cccc(C(F)F)n1. The molecule has 0 radical (unpaired) electrons. The molecule has 3 heterocycles. The number of aromatic nitrogens is 3. The molecule has 3 aromatic heterocycles. The van der Waals surface area contributed by atoms with Crippen molar-refractivity contribution in [2.45, 2.75) is 39.2 Å². The number of rotatable bonds is 7. The number of nitrogens with zero attached hydrogens (tertiary/aromatic N) is 3. The van der Waals surface area contributed by atoms with Crippen LogP contribution in [0.5, 0.6) is 5.75 Å². The lowest BCUT2D eigenvalue weighted by atomic mass is 10.1. The number of pyridine rings is 2. The molecule has 1 N–H and O–H groups in total. The molecule has 0 amide bonds. The summed E-state index contributed by atoms with van der Waals surface area (Å²) in [5.74, 6) is 0.0758. The molecule has 0 fully saturated rings. The third kappa shape index (κ3) is 4.17. The number of carbonyl (C=O) groups excluding carboxylic acids is 1. The van der Waals surface area contributed by atoms with Gasteiger partial charge < -0.3 is 14.2 Å². The van der Waals surface area contributed by atoms with Gasteiger partial charge >= 0.3 is 0 Å². The molecule has 28 heavy (non-hydrogen) atoms. The molecule has 148 valence electrons.